The van der Waals surface area contributed by atoms with Crippen LogP contribution < -0.4 is 16.0 Å². The molecule has 1 heterocycles. The SMILES string of the molecule is CN=C(NCC(=O)NC(C)(C)C)NCc1nc(C(C)(C)C)cs1. The predicted molar refractivity (Wildman–Crippen MR) is 96.9 cm³/mol. The minimum absolute atomic E-state index is 0.0553. The van der Waals surface area contributed by atoms with E-state index in [0.29, 0.717) is 12.5 Å². The van der Waals surface area contributed by atoms with E-state index in [2.05, 4.69) is 52.1 Å². The lowest BCUT2D eigenvalue weighted by molar-refractivity contribution is -0.121. The summed E-state index contributed by atoms with van der Waals surface area (Å²) in [4.78, 5) is 20.5. The lowest BCUT2D eigenvalue weighted by Gasteiger charge is -2.21. The second-order valence-corrected chi connectivity index (χ2v) is 8.40. The van der Waals surface area contributed by atoms with E-state index in [1.54, 1.807) is 18.4 Å². The summed E-state index contributed by atoms with van der Waals surface area (Å²) in [5.41, 5.74) is 0.909. The molecule has 1 aromatic heterocycles. The smallest absolute Gasteiger partial charge is 0.239 e. The summed E-state index contributed by atoms with van der Waals surface area (Å²) in [7, 11) is 1.68. The van der Waals surface area contributed by atoms with Gasteiger partial charge in [0.15, 0.2) is 5.96 Å². The Morgan fingerprint density at radius 1 is 1.22 bits per heavy atom. The molecule has 0 aliphatic carbocycles. The zero-order valence-electron chi connectivity index (χ0n) is 15.2. The van der Waals surface area contributed by atoms with Crippen molar-refractivity contribution >= 4 is 23.2 Å². The minimum Gasteiger partial charge on any atom is -0.350 e. The van der Waals surface area contributed by atoms with Crippen molar-refractivity contribution in [1.82, 2.24) is 20.9 Å². The molecule has 23 heavy (non-hydrogen) atoms. The first-order chi connectivity index (χ1) is 10.5. The average Bonchev–Trinajstić information content (AvgIpc) is 2.85. The van der Waals surface area contributed by atoms with E-state index in [1.807, 2.05) is 20.8 Å². The summed E-state index contributed by atoms with van der Waals surface area (Å²) in [6.45, 7) is 13.1. The molecule has 1 aromatic rings. The number of aromatic nitrogens is 1. The maximum absolute atomic E-state index is 11.8. The molecule has 1 rings (SSSR count). The highest BCUT2D eigenvalue weighted by Gasteiger charge is 2.17. The van der Waals surface area contributed by atoms with Gasteiger partial charge in [-0.1, -0.05) is 20.8 Å². The van der Waals surface area contributed by atoms with E-state index >= 15 is 0 Å². The number of nitrogens with one attached hydrogen (secondary N) is 3. The Morgan fingerprint density at radius 2 is 1.87 bits per heavy atom. The van der Waals surface area contributed by atoms with Crippen LogP contribution in [0.5, 0.6) is 0 Å². The molecule has 130 valence electrons. The van der Waals surface area contributed by atoms with Gasteiger partial charge in [-0.25, -0.2) is 4.98 Å². The maximum Gasteiger partial charge on any atom is 0.239 e. The van der Waals surface area contributed by atoms with Crippen LogP contribution in [0, 0.1) is 0 Å². The topological polar surface area (TPSA) is 78.4 Å². The van der Waals surface area contributed by atoms with Crippen molar-refractivity contribution in [3.8, 4) is 0 Å². The first-order valence-electron chi connectivity index (χ1n) is 7.71. The van der Waals surface area contributed by atoms with Gasteiger partial charge in [0.25, 0.3) is 0 Å². The third-order valence-electron chi connectivity index (χ3n) is 2.88. The third-order valence-corrected chi connectivity index (χ3v) is 3.73. The summed E-state index contributed by atoms with van der Waals surface area (Å²) in [5.74, 6) is 0.520. The van der Waals surface area contributed by atoms with E-state index in [0.717, 1.165) is 10.7 Å². The van der Waals surface area contributed by atoms with Gasteiger partial charge in [-0.05, 0) is 20.8 Å². The zero-order valence-corrected chi connectivity index (χ0v) is 16.0. The van der Waals surface area contributed by atoms with Crippen LogP contribution in [0.25, 0.3) is 0 Å². The Hall–Kier alpha value is -1.63. The number of nitrogens with zero attached hydrogens (tertiary/aromatic N) is 2. The maximum atomic E-state index is 11.8. The highest BCUT2D eigenvalue weighted by atomic mass is 32.1. The van der Waals surface area contributed by atoms with Crippen molar-refractivity contribution in [3.05, 3.63) is 16.1 Å². The van der Waals surface area contributed by atoms with Crippen LogP contribution in [0.15, 0.2) is 10.4 Å². The fourth-order valence-corrected chi connectivity index (χ4v) is 2.70. The Bertz CT molecular complexity index is 552. The van der Waals surface area contributed by atoms with Gasteiger partial charge in [-0.15, -0.1) is 11.3 Å². The van der Waals surface area contributed by atoms with Crippen molar-refractivity contribution in [2.45, 2.75) is 59.0 Å². The standard InChI is InChI=1S/C16H29N5OS/c1-15(2,3)11-10-23-13(20-11)9-19-14(17-7)18-8-12(22)21-16(4,5)6/h10H,8-9H2,1-7H3,(H,21,22)(H2,17,18,19). The molecule has 0 radical (unpaired) electrons. The molecule has 1 amide bonds. The van der Waals surface area contributed by atoms with Crippen LogP contribution >= 0.6 is 11.3 Å². The molecule has 7 heteroatoms. The molecule has 0 fully saturated rings. The molecule has 0 atom stereocenters. The average molecular weight is 340 g/mol. The van der Waals surface area contributed by atoms with Gasteiger partial charge in [0, 0.05) is 23.4 Å². The van der Waals surface area contributed by atoms with Gasteiger partial charge in [-0.3, -0.25) is 9.79 Å². The van der Waals surface area contributed by atoms with E-state index in [-0.39, 0.29) is 23.4 Å². The van der Waals surface area contributed by atoms with Crippen molar-refractivity contribution in [2.75, 3.05) is 13.6 Å². The van der Waals surface area contributed by atoms with Crippen LogP contribution in [0.4, 0.5) is 0 Å². The minimum atomic E-state index is -0.236. The number of aliphatic imine (C=N–C) groups is 1. The third kappa shape index (κ3) is 7.45. The zero-order chi connectivity index (χ0) is 17.7. The molecule has 0 bridgehead atoms. The molecule has 0 saturated carbocycles. The monoisotopic (exact) mass is 339 g/mol. The molecule has 0 aromatic carbocycles. The van der Waals surface area contributed by atoms with Gasteiger partial charge in [0.1, 0.15) is 5.01 Å². The largest absolute Gasteiger partial charge is 0.350 e. The molecule has 6 nitrogen and oxygen atoms in total. The highest BCUT2D eigenvalue weighted by Crippen LogP contribution is 2.23. The van der Waals surface area contributed by atoms with E-state index < -0.39 is 0 Å². The van der Waals surface area contributed by atoms with Crippen LogP contribution in [-0.2, 0) is 16.8 Å². The van der Waals surface area contributed by atoms with E-state index in [9.17, 15) is 4.79 Å². The van der Waals surface area contributed by atoms with Gasteiger partial charge in [0.05, 0.1) is 18.8 Å². The summed E-state index contributed by atoms with van der Waals surface area (Å²) in [6, 6.07) is 0. The van der Waals surface area contributed by atoms with Crippen molar-refractivity contribution < 1.29 is 4.79 Å². The second-order valence-electron chi connectivity index (χ2n) is 7.45. The first kappa shape index (κ1) is 19.4. The molecule has 0 spiro atoms. The molecule has 0 unspecified atom stereocenters. The second kappa shape index (κ2) is 7.77. The first-order valence-corrected chi connectivity index (χ1v) is 8.59. The fourth-order valence-electron chi connectivity index (χ4n) is 1.74. The number of hydrogen-bond acceptors (Lipinski definition) is 4. The molecule has 0 aliphatic rings. The van der Waals surface area contributed by atoms with Gasteiger partial charge in [0.2, 0.25) is 5.91 Å². The number of thiazole rings is 1. The Balaban J connectivity index is 2.46. The predicted octanol–water partition coefficient (Wildman–Crippen LogP) is 2.02. The van der Waals surface area contributed by atoms with Crippen LogP contribution in [0.2, 0.25) is 0 Å². The number of hydrogen-bond donors (Lipinski definition) is 3. The highest BCUT2D eigenvalue weighted by molar-refractivity contribution is 7.09. The van der Waals surface area contributed by atoms with E-state index in [1.165, 1.54) is 0 Å². The van der Waals surface area contributed by atoms with Crippen LogP contribution in [-0.4, -0.2) is 36.0 Å². The van der Waals surface area contributed by atoms with Crippen LogP contribution in [0.3, 0.4) is 0 Å². The van der Waals surface area contributed by atoms with Gasteiger partial charge >= 0.3 is 0 Å². The summed E-state index contributed by atoms with van der Waals surface area (Å²) >= 11 is 1.63. The molecular formula is C16H29N5OS. The van der Waals surface area contributed by atoms with Gasteiger partial charge < -0.3 is 16.0 Å². The van der Waals surface area contributed by atoms with Crippen molar-refractivity contribution in [2.24, 2.45) is 4.99 Å². The lowest BCUT2D eigenvalue weighted by atomic mass is 9.93. The normalized spacial score (nSPS) is 12.9. The lowest BCUT2D eigenvalue weighted by Crippen LogP contribution is -2.48. The Kier molecular flexibility index (Phi) is 6.56. The molecule has 0 saturated heterocycles. The molecule has 0 aliphatic heterocycles. The molecule has 3 N–H and O–H groups in total. The molecular weight excluding hydrogens is 310 g/mol. The fraction of sp³-hybridized carbons (Fsp3) is 0.688. The summed E-state index contributed by atoms with van der Waals surface area (Å²) < 4.78 is 0. The number of carbonyl (C=O) groups is 1. The number of carbonyl (C=O) groups excluding carboxylic acids is 1. The summed E-state index contributed by atoms with van der Waals surface area (Å²) in [5, 5.41) is 12.2. The number of rotatable bonds is 4. The number of amides is 1. The number of guanidine groups is 1. The van der Waals surface area contributed by atoms with Gasteiger partial charge in [-0.2, -0.15) is 0 Å². The summed E-state index contributed by atoms with van der Waals surface area (Å²) in [6.07, 6.45) is 0. The Labute approximate surface area is 143 Å². The van der Waals surface area contributed by atoms with Crippen molar-refractivity contribution in [3.63, 3.8) is 0 Å². The Morgan fingerprint density at radius 3 is 2.35 bits per heavy atom. The van der Waals surface area contributed by atoms with E-state index in [4.69, 9.17) is 0 Å². The van der Waals surface area contributed by atoms with Crippen LogP contribution in [0.1, 0.15) is 52.2 Å². The quantitative estimate of drug-likeness (QED) is 0.579. The van der Waals surface area contributed by atoms with Crippen molar-refractivity contribution in [1.29, 1.82) is 0 Å².